The Kier molecular flexibility index (Phi) is 5.02. The standard InChI is InChI=1S/C17H19N5OS/c1-21(2)14(15-4-3-9-24-15)11-20-17(23)13-5-6-16(19-10-13)22-8-7-18-12-22/h3-10,12,14H,11H2,1-2H3,(H,20,23). The number of pyridine rings is 1. The zero-order valence-corrected chi connectivity index (χ0v) is 14.4. The van der Waals surface area contributed by atoms with Crippen molar-refractivity contribution >= 4 is 17.2 Å². The molecule has 1 unspecified atom stereocenters. The van der Waals surface area contributed by atoms with Crippen molar-refractivity contribution in [1.82, 2.24) is 24.8 Å². The average molecular weight is 341 g/mol. The first-order chi connectivity index (χ1) is 11.6. The summed E-state index contributed by atoms with van der Waals surface area (Å²) in [6.45, 7) is 0.551. The third-order valence-electron chi connectivity index (χ3n) is 3.73. The van der Waals surface area contributed by atoms with E-state index in [9.17, 15) is 4.79 Å². The highest BCUT2D eigenvalue weighted by molar-refractivity contribution is 7.10. The number of thiophene rings is 1. The third-order valence-corrected chi connectivity index (χ3v) is 4.70. The molecule has 24 heavy (non-hydrogen) atoms. The average Bonchev–Trinajstić information content (AvgIpc) is 3.28. The third kappa shape index (κ3) is 3.69. The number of likely N-dealkylation sites (N-methyl/N-ethyl adjacent to an activating group) is 1. The van der Waals surface area contributed by atoms with Gasteiger partial charge in [-0.05, 0) is 37.7 Å². The van der Waals surface area contributed by atoms with Gasteiger partial charge in [0.15, 0.2) is 0 Å². The Labute approximate surface area is 144 Å². The molecule has 1 N–H and O–H groups in total. The summed E-state index contributed by atoms with van der Waals surface area (Å²) < 4.78 is 1.79. The van der Waals surface area contributed by atoms with Crippen LogP contribution in [0, 0.1) is 0 Å². The number of aromatic nitrogens is 3. The molecular formula is C17H19N5OS. The molecule has 1 atom stereocenters. The van der Waals surface area contributed by atoms with Crippen molar-refractivity contribution in [3.8, 4) is 5.82 Å². The molecule has 0 saturated heterocycles. The van der Waals surface area contributed by atoms with Gasteiger partial charge in [0.25, 0.3) is 5.91 Å². The van der Waals surface area contributed by atoms with Crippen LogP contribution in [0.5, 0.6) is 0 Å². The number of carbonyl (C=O) groups excluding carboxylic acids is 1. The fourth-order valence-corrected chi connectivity index (χ4v) is 3.30. The summed E-state index contributed by atoms with van der Waals surface area (Å²) in [7, 11) is 4.02. The fraction of sp³-hybridized carbons (Fsp3) is 0.235. The van der Waals surface area contributed by atoms with Crippen LogP contribution in [0.1, 0.15) is 21.3 Å². The van der Waals surface area contributed by atoms with Gasteiger partial charge >= 0.3 is 0 Å². The Hall–Kier alpha value is -2.51. The Morgan fingerprint density at radius 1 is 1.38 bits per heavy atom. The predicted octanol–water partition coefficient (Wildman–Crippen LogP) is 2.36. The molecule has 124 valence electrons. The summed E-state index contributed by atoms with van der Waals surface area (Å²) in [6.07, 6.45) is 6.75. The van der Waals surface area contributed by atoms with Gasteiger partial charge in [-0.15, -0.1) is 11.3 Å². The molecule has 3 rings (SSSR count). The number of imidazole rings is 1. The van der Waals surface area contributed by atoms with Crippen molar-refractivity contribution in [2.24, 2.45) is 0 Å². The van der Waals surface area contributed by atoms with E-state index in [-0.39, 0.29) is 11.9 Å². The van der Waals surface area contributed by atoms with Crippen LogP contribution in [-0.4, -0.2) is 46.0 Å². The summed E-state index contributed by atoms with van der Waals surface area (Å²) in [5.74, 6) is 0.608. The van der Waals surface area contributed by atoms with E-state index in [0.29, 0.717) is 12.1 Å². The normalized spacial score (nSPS) is 12.3. The van der Waals surface area contributed by atoms with Gasteiger partial charge < -0.3 is 10.2 Å². The summed E-state index contributed by atoms with van der Waals surface area (Å²) >= 11 is 1.69. The smallest absolute Gasteiger partial charge is 0.252 e. The first kappa shape index (κ1) is 16.4. The Morgan fingerprint density at radius 3 is 2.83 bits per heavy atom. The number of carbonyl (C=O) groups is 1. The van der Waals surface area contributed by atoms with Crippen molar-refractivity contribution in [2.75, 3.05) is 20.6 Å². The van der Waals surface area contributed by atoms with Gasteiger partial charge in [-0.1, -0.05) is 6.07 Å². The van der Waals surface area contributed by atoms with Gasteiger partial charge in [-0.3, -0.25) is 9.36 Å². The molecule has 3 aromatic heterocycles. The van der Waals surface area contributed by atoms with Gasteiger partial charge in [0.05, 0.1) is 11.6 Å². The molecule has 6 nitrogen and oxygen atoms in total. The van der Waals surface area contributed by atoms with Crippen LogP contribution < -0.4 is 5.32 Å². The second-order valence-corrected chi connectivity index (χ2v) is 6.56. The minimum absolute atomic E-state index is 0.122. The molecule has 0 aliphatic heterocycles. The highest BCUT2D eigenvalue weighted by Crippen LogP contribution is 2.22. The Balaban J connectivity index is 1.64. The number of amides is 1. The van der Waals surface area contributed by atoms with Crippen LogP contribution in [0.25, 0.3) is 5.82 Å². The van der Waals surface area contributed by atoms with Crippen LogP contribution in [0.3, 0.4) is 0 Å². The fourth-order valence-electron chi connectivity index (χ4n) is 2.38. The van der Waals surface area contributed by atoms with Crippen molar-refractivity contribution in [3.05, 3.63) is 65.0 Å². The largest absolute Gasteiger partial charge is 0.350 e. The van der Waals surface area contributed by atoms with Gasteiger partial charge in [-0.2, -0.15) is 0 Å². The zero-order chi connectivity index (χ0) is 16.9. The predicted molar refractivity (Wildman–Crippen MR) is 94.4 cm³/mol. The maximum absolute atomic E-state index is 12.4. The Morgan fingerprint density at radius 2 is 2.25 bits per heavy atom. The van der Waals surface area contributed by atoms with E-state index in [2.05, 4.69) is 26.3 Å². The van der Waals surface area contributed by atoms with Crippen molar-refractivity contribution < 1.29 is 4.79 Å². The second kappa shape index (κ2) is 7.37. The van der Waals surface area contributed by atoms with Crippen LogP contribution in [0.2, 0.25) is 0 Å². The highest BCUT2D eigenvalue weighted by atomic mass is 32.1. The van der Waals surface area contributed by atoms with E-state index in [1.54, 1.807) is 46.8 Å². The lowest BCUT2D eigenvalue weighted by molar-refractivity contribution is 0.0942. The van der Waals surface area contributed by atoms with E-state index in [0.717, 1.165) is 5.82 Å². The van der Waals surface area contributed by atoms with Crippen molar-refractivity contribution in [3.63, 3.8) is 0 Å². The lowest BCUT2D eigenvalue weighted by atomic mass is 10.2. The number of nitrogens with one attached hydrogen (secondary N) is 1. The van der Waals surface area contributed by atoms with E-state index < -0.39 is 0 Å². The molecule has 0 aromatic carbocycles. The molecule has 0 aliphatic carbocycles. The number of hydrogen-bond acceptors (Lipinski definition) is 5. The highest BCUT2D eigenvalue weighted by Gasteiger charge is 2.16. The molecule has 0 spiro atoms. The van der Waals surface area contributed by atoms with Crippen molar-refractivity contribution in [1.29, 1.82) is 0 Å². The van der Waals surface area contributed by atoms with E-state index >= 15 is 0 Å². The summed E-state index contributed by atoms with van der Waals surface area (Å²) in [5, 5.41) is 5.04. The van der Waals surface area contributed by atoms with Gasteiger partial charge in [0, 0.05) is 30.0 Å². The molecule has 0 bridgehead atoms. The minimum atomic E-state index is -0.122. The second-order valence-electron chi connectivity index (χ2n) is 5.58. The summed E-state index contributed by atoms with van der Waals surface area (Å²) in [4.78, 5) is 24.0. The van der Waals surface area contributed by atoms with Crippen molar-refractivity contribution in [2.45, 2.75) is 6.04 Å². The molecule has 3 aromatic rings. The van der Waals surface area contributed by atoms with Gasteiger partial charge in [-0.25, -0.2) is 9.97 Å². The lowest BCUT2D eigenvalue weighted by Crippen LogP contribution is -2.34. The first-order valence-electron chi connectivity index (χ1n) is 7.57. The molecular weight excluding hydrogens is 322 g/mol. The first-order valence-corrected chi connectivity index (χ1v) is 8.45. The van der Waals surface area contributed by atoms with Gasteiger partial charge in [0.2, 0.25) is 0 Å². The number of nitrogens with zero attached hydrogens (tertiary/aromatic N) is 4. The van der Waals surface area contributed by atoms with E-state index in [1.807, 2.05) is 31.7 Å². The minimum Gasteiger partial charge on any atom is -0.350 e. The summed E-state index contributed by atoms with van der Waals surface area (Å²) in [5.41, 5.74) is 0.544. The zero-order valence-electron chi connectivity index (χ0n) is 13.6. The molecule has 0 fully saturated rings. The van der Waals surface area contributed by atoms with Crippen LogP contribution in [0.15, 0.2) is 54.6 Å². The molecule has 0 aliphatic rings. The molecule has 7 heteroatoms. The van der Waals surface area contributed by atoms with Gasteiger partial charge in [0.1, 0.15) is 12.1 Å². The van der Waals surface area contributed by atoms with E-state index in [4.69, 9.17) is 0 Å². The SMILES string of the molecule is CN(C)C(CNC(=O)c1ccc(-n2ccnc2)nc1)c1cccs1. The molecule has 1 amide bonds. The quantitative estimate of drug-likeness (QED) is 0.748. The summed E-state index contributed by atoms with van der Waals surface area (Å²) in [6, 6.07) is 7.85. The van der Waals surface area contributed by atoms with E-state index in [1.165, 1.54) is 4.88 Å². The molecule has 3 heterocycles. The van der Waals surface area contributed by atoms with Crippen LogP contribution in [0.4, 0.5) is 0 Å². The topological polar surface area (TPSA) is 63.1 Å². The lowest BCUT2D eigenvalue weighted by Gasteiger charge is -2.23. The van der Waals surface area contributed by atoms with Crippen LogP contribution >= 0.6 is 11.3 Å². The number of hydrogen-bond donors (Lipinski definition) is 1. The van der Waals surface area contributed by atoms with Crippen LogP contribution in [-0.2, 0) is 0 Å². The Bertz CT molecular complexity index is 766. The number of rotatable bonds is 6. The monoisotopic (exact) mass is 341 g/mol. The maximum atomic E-state index is 12.4. The molecule has 0 radical (unpaired) electrons. The molecule has 0 saturated carbocycles. The maximum Gasteiger partial charge on any atom is 0.252 e.